The van der Waals surface area contributed by atoms with E-state index in [0.717, 1.165) is 0 Å². The maximum atomic E-state index is 12.8. The summed E-state index contributed by atoms with van der Waals surface area (Å²) in [6.07, 6.45) is 2.12. The quantitative estimate of drug-likeness (QED) is 0.481. The molecule has 1 aliphatic heterocycles. The monoisotopic (exact) mass is 485 g/mol. The standard InChI is InChI=1S/C21H23N7O5S/c1-33-18-6-8-19(9-7-18)34(31,32)27-12-10-16(11-13-27)21(30)24-23-20(29)15-2-4-17(5-3-15)28-14-22-25-26-28/h2-9,14,16H,10-13H2,1H3,(H,23,29)(H,24,30). The van der Waals surface area contributed by atoms with Crippen LogP contribution in [-0.4, -0.2) is 64.9 Å². The van der Waals surface area contributed by atoms with E-state index in [1.54, 1.807) is 36.4 Å². The summed E-state index contributed by atoms with van der Waals surface area (Å²) in [5.41, 5.74) is 5.86. The lowest BCUT2D eigenvalue weighted by atomic mass is 9.98. The maximum absolute atomic E-state index is 12.8. The highest BCUT2D eigenvalue weighted by Gasteiger charge is 2.32. The van der Waals surface area contributed by atoms with Gasteiger partial charge in [-0.25, -0.2) is 13.1 Å². The summed E-state index contributed by atoms with van der Waals surface area (Å²) in [5.74, 6) is -0.680. The highest BCUT2D eigenvalue weighted by molar-refractivity contribution is 7.89. The largest absolute Gasteiger partial charge is 0.497 e. The fourth-order valence-electron chi connectivity index (χ4n) is 3.59. The number of carbonyl (C=O) groups is 2. The van der Waals surface area contributed by atoms with E-state index in [-0.39, 0.29) is 23.9 Å². The number of amides is 2. The average molecular weight is 486 g/mol. The van der Waals surface area contributed by atoms with Crippen LogP contribution in [0, 0.1) is 5.92 Å². The zero-order valence-corrected chi connectivity index (χ0v) is 19.1. The SMILES string of the molecule is COc1ccc(S(=O)(=O)N2CCC(C(=O)NNC(=O)c3ccc(-n4cnnn4)cc3)CC2)cc1. The second-order valence-corrected chi connectivity index (χ2v) is 9.54. The summed E-state index contributed by atoms with van der Waals surface area (Å²) in [5, 5.41) is 10.9. The number of tetrazole rings is 1. The van der Waals surface area contributed by atoms with E-state index in [2.05, 4.69) is 26.4 Å². The average Bonchev–Trinajstić information content (AvgIpc) is 3.42. The number of hydrogen-bond donors (Lipinski definition) is 2. The molecule has 1 aromatic heterocycles. The smallest absolute Gasteiger partial charge is 0.269 e. The van der Waals surface area contributed by atoms with Crippen LogP contribution >= 0.6 is 0 Å². The second-order valence-electron chi connectivity index (χ2n) is 7.60. The maximum Gasteiger partial charge on any atom is 0.269 e. The third-order valence-electron chi connectivity index (χ3n) is 5.56. The molecule has 2 aromatic carbocycles. The van der Waals surface area contributed by atoms with Crippen LogP contribution < -0.4 is 15.6 Å². The number of piperidine rings is 1. The van der Waals surface area contributed by atoms with Crippen molar-refractivity contribution in [3.05, 3.63) is 60.4 Å². The second kappa shape index (κ2) is 9.97. The molecular formula is C21H23N7O5S. The number of sulfonamides is 1. The molecule has 178 valence electrons. The van der Waals surface area contributed by atoms with Crippen LogP contribution in [0.3, 0.4) is 0 Å². The molecule has 0 unspecified atom stereocenters. The molecule has 0 aliphatic carbocycles. The van der Waals surface area contributed by atoms with Crippen LogP contribution in [0.25, 0.3) is 5.69 Å². The minimum absolute atomic E-state index is 0.176. The van der Waals surface area contributed by atoms with Crippen molar-refractivity contribution in [1.82, 2.24) is 35.4 Å². The van der Waals surface area contributed by atoms with Gasteiger partial charge in [-0.1, -0.05) is 0 Å². The van der Waals surface area contributed by atoms with E-state index in [9.17, 15) is 18.0 Å². The minimum atomic E-state index is -3.66. The summed E-state index contributed by atoms with van der Waals surface area (Å²) in [6, 6.07) is 12.7. The molecule has 4 rings (SSSR count). The van der Waals surface area contributed by atoms with Crippen LogP contribution in [0.2, 0.25) is 0 Å². The molecule has 1 aliphatic rings. The van der Waals surface area contributed by atoms with Gasteiger partial charge in [0.05, 0.1) is 17.7 Å². The number of ether oxygens (including phenoxy) is 1. The van der Waals surface area contributed by atoms with E-state index in [0.29, 0.717) is 29.8 Å². The number of benzene rings is 2. The van der Waals surface area contributed by atoms with Gasteiger partial charge in [0, 0.05) is 24.6 Å². The first-order valence-electron chi connectivity index (χ1n) is 10.5. The van der Waals surface area contributed by atoms with Crippen LogP contribution in [0.15, 0.2) is 59.8 Å². The number of hydrazine groups is 1. The normalized spacial score (nSPS) is 15.0. The molecule has 2 N–H and O–H groups in total. The van der Waals surface area contributed by atoms with Crippen molar-refractivity contribution >= 4 is 21.8 Å². The molecule has 34 heavy (non-hydrogen) atoms. The van der Waals surface area contributed by atoms with Crippen molar-refractivity contribution in [2.45, 2.75) is 17.7 Å². The van der Waals surface area contributed by atoms with E-state index >= 15 is 0 Å². The number of methoxy groups -OCH3 is 1. The molecule has 0 radical (unpaired) electrons. The van der Waals surface area contributed by atoms with Crippen molar-refractivity contribution in [3.8, 4) is 11.4 Å². The zero-order valence-electron chi connectivity index (χ0n) is 18.3. The third-order valence-corrected chi connectivity index (χ3v) is 7.48. The topological polar surface area (TPSA) is 148 Å². The number of carbonyl (C=O) groups excluding carboxylic acids is 2. The Balaban J connectivity index is 1.27. The first-order valence-corrected chi connectivity index (χ1v) is 11.9. The van der Waals surface area contributed by atoms with Crippen LogP contribution in [0.1, 0.15) is 23.2 Å². The number of nitrogens with one attached hydrogen (secondary N) is 2. The number of aromatic nitrogens is 4. The van der Waals surface area contributed by atoms with Crippen LogP contribution in [0.4, 0.5) is 0 Å². The first kappa shape index (κ1) is 23.3. The molecule has 0 atom stereocenters. The molecule has 3 aromatic rings. The Morgan fingerprint density at radius 2 is 1.68 bits per heavy atom. The summed E-state index contributed by atoms with van der Waals surface area (Å²) in [7, 11) is -2.15. The van der Waals surface area contributed by atoms with Gasteiger partial charge in [0.1, 0.15) is 12.1 Å². The van der Waals surface area contributed by atoms with Gasteiger partial charge in [0.2, 0.25) is 15.9 Å². The summed E-state index contributed by atoms with van der Waals surface area (Å²) in [4.78, 5) is 25.0. The van der Waals surface area contributed by atoms with E-state index in [1.165, 1.54) is 34.6 Å². The number of rotatable bonds is 6. The van der Waals surface area contributed by atoms with Crippen molar-refractivity contribution in [2.24, 2.45) is 5.92 Å². The lowest BCUT2D eigenvalue weighted by molar-refractivity contribution is -0.126. The van der Waals surface area contributed by atoms with Crippen molar-refractivity contribution in [2.75, 3.05) is 20.2 Å². The predicted molar refractivity (Wildman–Crippen MR) is 119 cm³/mol. The third kappa shape index (κ3) is 5.05. The Labute approximate surface area is 195 Å². The van der Waals surface area contributed by atoms with Gasteiger partial charge in [-0.05, 0) is 71.8 Å². The minimum Gasteiger partial charge on any atom is -0.497 e. The molecule has 0 spiro atoms. The molecule has 2 heterocycles. The van der Waals surface area contributed by atoms with E-state index < -0.39 is 21.8 Å². The molecule has 0 bridgehead atoms. The lowest BCUT2D eigenvalue weighted by Crippen LogP contribution is -2.48. The molecule has 1 saturated heterocycles. The van der Waals surface area contributed by atoms with Gasteiger partial charge >= 0.3 is 0 Å². The van der Waals surface area contributed by atoms with Crippen molar-refractivity contribution < 1.29 is 22.7 Å². The molecule has 13 heteroatoms. The Bertz CT molecular complexity index is 1240. The van der Waals surface area contributed by atoms with E-state index in [1.807, 2.05) is 0 Å². The van der Waals surface area contributed by atoms with Gasteiger partial charge < -0.3 is 4.74 Å². The highest BCUT2D eigenvalue weighted by Crippen LogP contribution is 2.25. The summed E-state index contributed by atoms with van der Waals surface area (Å²) < 4.78 is 33.6. The summed E-state index contributed by atoms with van der Waals surface area (Å²) >= 11 is 0. The van der Waals surface area contributed by atoms with Gasteiger partial charge in [-0.3, -0.25) is 20.4 Å². The van der Waals surface area contributed by atoms with Gasteiger partial charge in [-0.15, -0.1) is 5.10 Å². The molecule has 2 amide bonds. The fourth-order valence-corrected chi connectivity index (χ4v) is 5.06. The number of hydrogen-bond acceptors (Lipinski definition) is 8. The van der Waals surface area contributed by atoms with Gasteiger partial charge in [-0.2, -0.15) is 4.31 Å². The first-order chi connectivity index (χ1) is 16.4. The Hall–Kier alpha value is -3.84. The van der Waals surface area contributed by atoms with Crippen LogP contribution in [0.5, 0.6) is 5.75 Å². The van der Waals surface area contributed by atoms with Gasteiger partial charge in [0.15, 0.2) is 0 Å². The van der Waals surface area contributed by atoms with Crippen LogP contribution in [-0.2, 0) is 14.8 Å². The molecule has 12 nitrogen and oxygen atoms in total. The fraction of sp³-hybridized carbons (Fsp3) is 0.286. The van der Waals surface area contributed by atoms with E-state index in [4.69, 9.17) is 4.74 Å². The summed E-state index contributed by atoms with van der Waals surface area (Å²) in [6.45, 7) is 0.415. The number of nitrogens with zero attached hydrogens (tertiary/aromatic N) is 5. The van der Waals surface area contributed by atoms with Gasteiger partial charge in [0.25, 0.3) is 5.91 Å². The highest BCUT2D eigenvalue weighted by atomic mass is 32.2. The Morgan fingerprint density at radius 1 is 1.00 bits per heavy atom. The Kier molecular flexibility index (Phi) is 6.84. The lowest BCUT2D eigenvalue weighted by Gasteiger charge is -2.30. The Morgan fingerprint density at radius 3 is 2.26 bits per heavy atom. The van der Waals surface area contributed by atoms with Crippen molar-refractivity contribution in [3.63, 3.8) is 0 Å². The molecular weight excluding hydrogens is 462 g/mol. The predicted octanol–water partition coefficient (Wildman–Crippen LogP) is 0.533. The van der Waals surface area contributed by atoms with Crippen molar-refractivity contribution in [1.29, 1.82) is 0 Å². The molecule has 1 fully saturated rings. The molecule has 0 saturated carbocycles. The zero-order chi connectivity index (χ0) is 24.1.